The molecule has 0 saturated heterocycles. The summed E-state index contributed by atoms with van der Waals surface area (Å²) in [5.74, 6) is 1.60. The number of unbranched alkanes of at least 4 members (excludes halogenated alkanes) is 1. The van der Waals surface area contributed by atoms with Gasteiger partial charge in [-0.1, -0.05) is 120 Å². The number of phenolic OH excluding ortho intramolecular Hbond substituents is 2. The van der Waals surface area contributed by atoms with E-state index in [0.717, 1.165) is 50.5 Å². The number of rotatable bonds is 20. The van der Waals surface area contributed by atoms with Gasteiger partial charge < -0.3 is 19.7 Å². The number of ether oxygens (including phenoxy) is 2. The number of carbonyl (C=O) groups is 2. The summed E-state index contributed by atoms with van der Waals surface area (Å²) >= 11 is 0. The molecule has 0 heterocycles. The summed E-state index contributed by atoms with van der Waals surface area (Å²) in [6.45, 7) is 9.81. The Morgan fingerprint density at radius 2 is 1.22 bits per heavy atom. The monoisotopic (exact) mass is 664 g/mol. The van der Waals surface area contributed by atoms with Crippen LogP contribution in [0.4, 0.5) is 0 Å². The summed E-state index contributed by atoms with van der Waals surface area (Å²) in [6, 6.07) is 26.3. The molecule has 260 valence electrons. The van der Waals surface area contributed by atoms with Crippen LogP contribution in [0.1, 0.15) is 110 Å². The van der Waals surface area contributed by atoms with Crippen LogP contribution in [0.25, 0.3) is 0 Å². The average molecular weight is 665 g/mol. The van der Waals surface area contributed by atoms with Gasteiger partial charge >= 0.3 is 0 Å². The topological polar surface area (TPSA) is 93.1 Å². The molecule has 0 aliphatic carbocycles. The van der Waals surface area contributed by atoms with Crippen LogP contribution in [0.2, 0.25) is 0 Å². The maximum absolute atomic E-state index is 13.4. The molecule has 0 bridgehead atoms. The number of carbonyl (C=O) groups excluding carboxylic acids is 2. The van der Waals surface area contributed by atoms with Crippen LogP contribution in [0.15, 0.2) is 91.0 Å². The fraction of sp³-hybridized carbons (Fsp3) is 0.395. The molecule has 4 aromatic carbocycles. The lowest BCUT2D eigenvalue weighted by Gasteiger charge is -2.22. The largest absolute Gasteiger partial charge is 0.507 e. The zero-order valence-electron chi connectivity index (χ0n) is 29.5. The van der Waals surface area contributed by atoms with Gasteiger partial charge in [0.15, 0.2) is 11.6 Å². The van der Waals surface area contributed by atoms with Crippen LogP contribution < -0.4 is 9.47 Å². The van der Waals surface area contributed by atoms with E-state index in [1.54, 1.807) is 54.6 Å². The standard InChI is InChI=1S/C43H52O6/c1-5-8-15-31(6-2)29-49-41-27-40(45)38(43(47)34-18-13-10-14-19-34)25-35(41)24-30(4)20-21-32(7-3)28-48-36-22-23-37(39(44)26-36)42(46)33-16-11-9-12-17-33/h9-14,16-19,22-23,25-27,30-32,44-45H,5-8,15,20-21,24,28-29H2,1-4H3. The molecule has 0 radical (unpaired) electrons. The molecule has 4 rings (SSSR count). The molecule has 0 saturated carbocycles. The Morgan fingerprint density at radius 1 is 0.653 bits per heavy atom. The molecule has 0 aliphatic rings. The molecular weight excluding hydrogens is 612 g/mol. The van der Waals surface area contributed by atoms with Crippen molar-refractivity contribution in [3.63, 3.8) is 0 Å². The van der Waals surface area contributed by atoms with Crippen LogP contribution in [-0.4, -0.2) is 35.0 Å². The molecule has 0 spiro atoms. The molecule has 6 heteroatoms. The van der Waals surface area contributed by atoms with Gasteiger partial charge in [0.05, 0.1) is 24.3 Å². The molecule has 0 aliphatic heterocycles. The molecule has 0 fully saturated rings. The van der Waals surface area contributed by atoms with E-state index in [0.29, 0.717) is 59.7 Å². The van der Waals surface area contributed by atoms with Crippen molar-refractivity contribution < 1.29 is 29.3 Å². The maximum Gasteiger partial charge on any atom is 0.196 e. The van der Waals surface area contributed by atoms with E-state index in [9.17, 15) is 19.8 Å². The summed E-state index contributed by atoms with van der Waals surface area (Å²) in [4.78, 5) is 26.2. The first-order valence-electron chi connectivity index (χ1n) is 17.9. The Kier molecular flexibility index (Phi) is 14.3. The van der Waals surface area contributed by atoms with Gasteiger partial charge in [0, 0.05) is 23.3 Å². The van der Waals surface area contributed by atoms with E-state index in [2.05, 4.69) is 27.7 Å². The second kappa shape index (κ2) is 18.8. The summed E-state index contributed by atoms with van der Waals surface area (Å²) in [5.41, 5.74) is 2.52. The lowest BCUT2D eigenvalue weighted by atomic mass is 9.89. The predicted octanol–water partition coefficient (Wildman–Crippen LogP) is 10.2. The van der Waals surface area contributed by atoms with Crippen molar-refractivity contribution >= 4 is 11.6 Å². The Labute approximate surface area is 292 Å². The number of hydrogen-bond donors (Lipinski definition) is 2. The van der Waals surface area contributed by atoms with Gasteiger partial charge in [-0.25, -0.2) is 0 Å². The highest BCUT2D eigenvalue weighted by atomic mass is 16.5. The van der Waals surface area contributed by atoms with Crippen molar-refractivity contribution in [1.29, 1.82) is 0 Å². The molecule has 0 amide bonds. The van der Waals surface area contributed by atoms with Gasteiger partial charge in [0.1, 0.15) is 23.0 Å². The molecule has 2 N–H and O–H groups in total. The molecular formula is C43H52O6. The summed E-state index contributed by atoms with van der Waals surface area (Å²) in [6.07, 6.45) is 7.95. The summed E-state index contributed by atoms with van der Waals surface area (Å²) < 4.78 is 12.5. The smallest absolute Gasteiger partial charge is 0.196 e. The fourth-order valence-electron chi connectivity index (χ4n) is 6.10. The Morgan fingerprint density at radius 3 is 1.82 bits per heavy atom. The third-order valence-corrected chi connectivity index (χ3v) is 9.43. The van der Waals surface area contributed by atoms with E-state index in [1.807, 2.05) is 30.3 Å². The van der Waals surface area contributed by atoms with Crippen LogP contribution >= 0.6 is 0 Å². The van der Waals surface area contributed by atoms with Gasteiger partial charge in [0.2, 0.25) is 0 Å². The van der Waals surface area contributed by atoms with Crippen LogP contribution in [0.5, 0.6) is 23.0 Å². The highest BCUT2D eigenvalue weighted by molar-refractivity contribution is 6.11. The van der Waals surface area contributed by atoms with Crippen molar-refractivity contribution in [3.05, 3.63) is 119 Å². The SMILES string of the molecule is CCCCC(CC)COc1cc(O)c(C(=O)c2ccccc2)cc1CC(C)CCC(CC)COc1ccc(C(=O)c2ccccc2)c(O)c1. The molecule has 3 atom stereocenters. The second-order valence-corrected chi connectivity index (χ2v) is 13.2. The quantitative estimate of drug-likeness (QED) is 0.0914. The Hall–Kier alpha value is -4.58. The van der Waals surface area contributed by atoms with Gasteiger partial charge in [-0.3, -0.25) is 9.59 Å². The van der Waals surface area contributed by atoms with E-state index in [-0.39, 0.29) is 34.5 Å². The highest BCUT2D eigenvalue weighted by Crippen LogP contribution is 2.34. The third-order valence-electron chi connectivity index (χ3n) is 9.43. The fourth-order valence-corrected chi connectivity index (χ4v) is 6.10. The predicted molar refractivity (Wildman–Crippen MR) is 196 cm³/mol. The zero-order valence-corrected chi connectivity index (χ0v) is 29.5. The lowest BCUT2D eigenvalue weighted by Crippen LogP contribution is -2.15. The minimum absolute atomic E-state index is 0.0615. The van der Waals surface area contributed by atoms with Crippen molar-refractivity contribution in [2.24, 2.45) is 17.8 Å². The number of hydrogen-bond acceptors (Lipinski definition) is 6. The van der Waals surface area contributed by atoms with E-state index in [4.69, 9.17) is 9.47 Å². The van der Waals surface area contributed by atoms with Crippen molar-refractivity contribution in [3.8, 4) is 23.0 Å². The van der Waals surface area contributed by atoms with E-state index in [1.165, 1.54) is 6.07 Å². The Bertz CT molecular complexity index is 1630. The number of aromatic hydroxyl groups is 2. The molecule has 3 unspecified atom stereocenters. The third kappa shape index (κ3) is 10.7. The minimum atomic E-state index is -0.231. The minimum Gasteiger partial charge on any atom is -0.507 e. The zero-order chi connectivity index (χ0) is 35.2. The van der Waals surface area contributed by atoms with Crippen LogP contribution in [0.3, 0.4) is 0 Å². The first kappa shape index (κ1) is 37.2. The van der Waals surface area contributed by atoms with Gasteiger partial charge in [-0.2, -0.15) is 0 Å². The molecule has 0 aromatic heterocycles. The second-order valence-electron chi connectivity index (χ2n) is 13.2. The van der Waals surface area contributed by atoms with Gasteiger partial charge in [-0.05, 0) is 60.8 Å². The number of benzene rings is 4. The van der Waals surface area contributed by atoms with Crippen molar-refractivity contribution in [2.45, 2.75) is 79.1 Å². The van der Waals surface area contributed by atoms with Crippen molar-refractivity contribution in [2.75, 3.05) is 13.2 Å². The van der Waals surface area contributed by atoms with Crippen molar-refractivity contribution in [1.82, 2.24) is 0 Å². The lowest BCUT2D eigenvalue weighted by molar-refractivity contribution is 0.102. The van der Waals surface area contributed by atoms with Gasteiger partial charge in [-0.15, -0.1) is 0 Å². The first-order valence-corrected chi connectivity index (χ1v) is 17.9. The normalized spacial score (nSPS) is 13.0. The van der Waals surface area contributed by atoms with E-state index < -0.39 is 0 Å². The molecule has 49 heavy (non-hydrogen) atoms. The number of ketones is 2. The van der Waals surface area contributed by atoms with Gasteiger partial charge in [0.25, 0.3) is 0 Å². The van der Waals surface area contributed by atoms with Crippen LogP contribution in [0, 0.1) is 17.8 Å². The maximum atomic E-state index is 13.4. The summed E-state index contributed by atoms with van der Waals surface area (Å²) in [5, 5.41) is 21.6. The van der Waals surface area contributed by atoms with E-state index >= 15 is 0 Å². The summed E-state index contributed by atoms with van der Waals surface area (Å²) in [7, 11) is 0. The highest BCUT2D eigenvalue weighted by Gasteiger charge is 2.21. The van der Waals surface area contributed by atoms with Crippen LogP contribution in [-0.2, 0) is 6.42 Å². The number of phenols is 2. The first-order chi connectivity index (χ1) is 23.7. The molecule has 6 nitrogen and oxygen atoms in total. The molecule has 4 aromatic rings. The Balaban J connectivity index is 1.41. The average Bonchev–Trinajstić information content (AvgIpc) is 3.12.